The fourth-order valence-corrected chi connectivity index (χ4v) is 4.14. The predicted molar refractivity (Wildman–Crippen MR) is 104 cm³/mol. The smallest absolute Gasteiger partial charge is 0.262 e. The molecule has 0 aromatic carbocycles. The number of aryl methyl sites for hydroxylation is 2. The van der Waals surface area contributed by atoms with E-state index in [2.05, 4.69) is 21.2 Å². The van der Waals surface area contributed by atoms with Crippen LogP contribution in [0.15, 0.2) is 22.8 Å². The van der Waals surface area contributed by atoms with Crippen LogP contribution in [0.3, 0.4) is 0 Å². The van der Waals surface area contributed by atoms with Crippen molar-refractivity contribution in [1.82, 2.24) is 15.3 Å². The minimum Gasteiger partial charge on any atom is -0.461 e. The highest BCUT2D eigenvalue weighted by atomic mass is 32.1. The molecule has 5 nitrogen and oxygen atoms in total. The monoisotopic (exact) mass is 367 g/mol. The van der Waals surface area contributed by atoms with E-state index < -0.39 is 5.54 Å². The van der Waals surface area contributed by atoms with E-state index in [4.69, 9.17) is 10.8 Å². The number of hydrogen-bond acceptors (Lipinski definition) is 5. The number of nitrogens with zero attached hydrogens (tertiary/aromatic N) is 2. The Labute approximate surface area is 156 Å². The van der Waals surface area contributed by atoms with E-state index in [0.29, 0.717) is 29.3 Å². The van der Waals surface area contributed by atoms with E-state index in [1.54, 1.807) is 12.3 Å². The summed E-state index contributed by atoms with van der Waals surface area (Å²) in [5.41, 5.74) is 1.08. The highest BCUT2D eigenvalue weighted by Gasteiger charge is 2.28. The fourth-order valence-electron chi connectivity index (χ4n) is 3.01. The first-order valence-corrected chi connectivity index (χ1v) is 9.38. The summed E-state index contributed by atoms with van der Waals surface area (Å²) < 4.78 is 5.40. The molecule has 1 amide bonds. The molecule has 134 valence electrons. The molecule has 0 bridgehead atoms. The Morgan fingerprint density at radius 3 is 2.65 bits per heavy atom. The topological polar surface area (TPSA) is 68.0 Å². The molecule has 0 saturated carbocycles. The first-order chi connectivity index (χ1) is 12.4. The van der Waals surface area contributed by atoms with Crippen LogP contribution >= 0.6 is 11.3 Å². The third-order valence-corrected chi connectivity index (χ3v) is 5.94. The summed E-state index contributed by atoms with van der Waals surface area (Å²) >= 11 is 1.36. The Bertz CT molecular complexity index is 992. The summed E-state index contributed by atoms with van der Waals surface area (Å²) in [5.74, 6) is 3.71. The zero-order chi connectivity index (χ0) is 18.9. The number of rotatable bonds is 5. The van der Waals surface area contributed by atoms with E-state index in [1.165, 1.54) is 11.3 Å². The molecular formula is C20H21N3O2S. The van der Waals surface area contributed by atoms with Crippen LogP contribution in [0.25, 0.3) is 21.8 Å². The zero-order valence-electron chi connectivity index (χ0n) is 15.3. The molecule has 0 aliphatic heterocycles. The van der Waals surface area contributed by atoms with Crippen molar-refractivity contribution >= 4 is 27.5 Å². The summed E-state index contributed by atoms with van der Waals surface area (Å²) in [6, 6.07) is 3.62. The maximum Gasteiger partial charge on any atom is 0.262 e. The summed E-state index contributed by atoms with van der Waals surface area (Å²) in [7, 11) is 0. The molecule has 0 radical (unpaired) electrons. The molecule has 0 fully saturated rings. The summed E-state index contributed by atoms with van der Waals surface area (Å²) in [5, 5.41) is 3.94. The van der Waals surface area contributed by atoms with Crippen molar-refractivity contribution in [2.45, 2.75) is 46.1 Å². The molecule has 3 rings (SSSR count). The number of nitrogens with one attached hydrogen (secondary N) is 1. The van der Waals surface area contributed by atoms with Gasteiger partial charge in [-0.3, -0.25) is 4.79 Å². The second-order valence-electron chi connectivity index (χ2n) is 6.23. The van der Waals surface area contributed by atoms with Crippen molar-refractivity contribution in [2.75, 3.05) is 0 Å². The highest BCUT2D eigenvalue weighted by molar-refractivity contribution is 7.20. The van der Waals surface area contributed by atoms with E-state index in [0.717, 1.165) is 21.5 Å². The van der Waals surface area contributed by atoms with Gasteiger partial charge in [0.25, 0.3) is 5.91 Å². The molecule has 1 N–H and O–H groups in total. The maximum atomic E-state index is 12.9. The quantitative estimate of drug-likeness (QED) is 0.675. The largest absolute Gasteiger partial charge is 0.461 e. The van der Waals surface area contributed by atoms with Gasteiger partial charge in [-0.25, -0.2) is 9.97 Å². The number of aromatic nitrogens is 2. The Balaban J connectivity index is 2.05. The zero-order valence-corrected chi connectivity index (χ0v) is 16.2. The number of carbonyl (C=O) groups excluding carboxylic acids is 1. The van der Waals surface area contributed by atoms with Gasteiger partial charge in [-0.15, -0.1) is 17.8 Å². The van der Waals surface area contributed by atoms with Gasteiger partial charge < -0.3 is 9.73 Å². The lowest BCUT2D eigenvalue weighted by Gasteiger charge is -2.26. The SMILES string of the molecule is C#CC(CC)(CC)NC(=O)c1sc2nc(-c3ccco3)nc(C)c2c1C. The van der Waals surface area contributed by atoms with Gasteiger partial charge >= 0.3 is 0 Å². The van der Waals surface area contributed by atoms with Crippen LogP contribution in [0.5, 0.6) is 0 Å². The number of terminal acetylenes is 1. The normalized spacial score (nSPS) is 11.5. The highest BCUT2D eigenvalue weighted by Crippen LogP contribution is 2.33. The van der Waals surface area contributed by atoms with Crippen LogP contribution in [0.1, 0.15) is 47.6 Å². The lowest BCUT2D eigenvalue weighted by atomic mass is 9.93. The third-order valence-electron chi connectivity index (χ3n) is 4.76. The van der Waals surface area contributed by atoms with Crippen LogP contribution in [0.4, 0.5) is 0 Å². The van der Waals surface area contributed by atoms with E-state index in [9.17, 15) is 4.79 Å². The standard InChI is InChI=1S/C20H21N3O2S/c1-6-20(7-2,8-3)23-18(24)16-12(4)15-13(5)21-17(22-19(15)26-16)14-10-9-11-25-14/h1,9-11H,7-8H2,2-5H3,(H,23,24). The number of carbonyl (C=O) groups is 1. The van der Waals surface area contributed by atoms with E-state index in [-0.39, 0.29) is 5.91 Å². The van der Waals surface area contributed by atoms with Gasteiger partial charge in [0.05, 0.1) is 16.8 Å². The van der Waals surface area contributed by atoms with Crippen molar-refractivity contribution in [2.24, 2.45) is 0 Å². The predicted octanol–water partition coefficient (Wildman–Crippen LogP) is 4.49. The molecule has 0 aliphatic carbocycles. The Morgan fingerprint density at radius 2 is 2.08 bits per heavy atom. The van der Waals surface area contributed by atoms with E-state index in [1.807, 2.05) is 33.8 Å². The Kier molecular flexibility index (Phi) is 4.84. The molecule has 0 unspecified atom stereocenters. The van der Waals surface area contributed by atoms with Crippen molar-refractivity contribution in [3.8, 4) is 23.9 Å². The molecule has 0 aliphatic rings. The molecule has 0 atom stereocenters. The average Bonchev–Trinajstić information content (AvgIpc) is 3.28. The number of amides is 1. The van der Waals surface area contributed by atoms with Gasteiger partial charge in [0.1, 0.15) is 10.4 Å². The first-order valence-electron chi connectivity index (χ1n) is 8.56. The van der Waals surface area contributed by atoms with Gasteiger partial charge in [0.2, 0.25) is 0 Å². The molecule has 6 heteroatoms. The molecular weight excluding hydrogens is 346 g/mol. The van der Waals surface area contributed by atoms with Gasteiger partial charge in [0, 0.05) is 5.39 Å². The summed E-state index contributed by atoms with van der Waals surface area (Å²) in [6.45, 7) is 7.80. The number of thiophene rings is 1. The first kappa shape index (κ1) is 18.2. The molecule has 3 aromatic heterocycles. The minimum atomic E-state index is -0.625. The summed E-state index contributed by atoms with van der Waals surface area (Å²) in [6.07, 6.45) is 8.62. The van der Waals surface area contributed by atoms with Gasteiger partial charge in [-0.1, -0.05) is 19.8 Å². The Hall–Kier alpha value is -2.65. The van der Waals surface area contributed by atoms with Crippen LogP contribution in [0.2, 0.25) is 0 Å². The lowest BCUT2D eigenvalue weighted by molar-refractivity contribution is 0.0920. The van der Waals surface area contributed by atoms with Crippen LogP contribution in [-0.4, -0.2) is 21.4 Å². The minimum absolute atomic E-state index is 0.161. The fraction of sp³-hybridized carbons (Fsp3) is 0.350. The van der Waals surface area contributed by atoms with Crippen molar-refractivity contribution in [3.05, 3.63) is 34.5 Å². The number of hydrogen-bond donors (Lipinski definition) is 1. The summed E-state index contributed by atoms with van der Waals surface area (Å²) in [4.78, 5) is 23.4. The van der Waals surface area contributed by atoms with Crippen LogP contribution in [0, 0.1) is 26.2 Å². The number of fused-ring (bicyclic) bond motifs is 1. The second-order valence-corrected chi connectivity index (χ2v) is 7.23. The van der Waals surface area contributed by atoms with E-state index >= 15 is 0 Å². The molecule has 3 heterocycles. The molecule has 26 heavy (non-hydrogen) atoms. The van der Waals surface area contributed by atoms with Gasteiger partial charge in [-0.05, 0) is 44.4 Å². The molecule has 0 saturated heterocycles. The average molecular weight is 367 g/mol. The number of furan rings is 1. The second kappa shape index (κ2) is 6.93. The third kappa shape index (κ3) is 2.99. The Morgan fingerprint density at radius 1 is 1.35 bits per heavy atom. The molecule has 0 spiro atoms. The van der Waals surface area contributed by atoms with Crippen LogP contribution in [-0.2, 0) is 0 Å². The van der Waals surface area contributed by atoms with Gasteiger partial charge in [0.15, 0.2) is 11.6 Å². The maximum absolute atomic E-state index is 12.9. The van der Waals surface area contributed by atoms with Crippen molar-refractivity contribution in [3.63, 3.8) is 0 Å². The lowest BCUT2D eigenvalue weighted by Crippen LogP contribution is -2.46. The van der Waals surface area contributed by atoms with Gasteiger partial charge in [-0.2, -0.15) is 0 Å². The van der Waals surface area contributed by atoms with Crippen molar-refractivity contribution in [1.29, 1.82) is 0 Å². The molecule has 3 aromatic rings. The van der Waals surface area contributed by atoms with Crippen LogP contribution < -0.4 is 5.32 Å². The van der Waals surface area contributed by atoms with Crippen molar-refractivity contribution < 1.29 is 9.21 Å².